The lowest BCUT2D eigenvalue weighted by molar-refractivity contribution is 0.137. The number of ether oxygens (including phenoxy) is 1. The van der Waals surface area contributed by atoms with Crippen molar-refractivity contribution in [2.24, 2.45) is 13.0 Å². The number of pyridine rings is 1. The lowest BCUT2D eigenvalue weighted by atomic mass is 9.93. The molecule has 158 valence electrons. The van der Waals surface area contributed by atoms with Crippen LogP contribution in [0, 0.1) is 5.92 Å². The van der Waals surface area contributed by atoms with Crippen LogP contribution in [0.15, 0.2) is 41.6 Å². The first-order valence-corrected chi connectivity index (χ1v) is 11.1. The van der Waals surface area contributed by atoms with Gasteiger partial charge in [0.2, 0.25) is 0 Å². The van der Waals surface area contributed by atoms with Crippen molar-refractivity contribution in [2.75, 3.05) is 24.5 Å². The van der Waals surface area contributed by atoms with Crippen molar-refractivity contribution in [1.29, 1.82) is 0 Å². The molecule has 4 rings (SSSR count). The van der Waals surface area contributed by atoms with Crippen LogP contribution in [-0.4, -0.2) is 45.5 Å². The number of carbonyl (C=O) groups excluding carboxylic acids is 1. The van der Waals surface area contributed by atoms with E-state index in [1.165, 1.54) is 11.3 Å². The van der Waals surface area contributed by atoms with Gasteiger partial charge in [-0.2, -0.15) is 5.10 Å². The maximum absolute atomic E-state index is 11.8. The Morgan fingerprint density at radius 1 is 1.23 bits per heavy atom. The van der Waals surface area contributed by atoms with Gasteiger partial charge in [0.05, 0.1) is 17.4 Å². The van der Waals surface area contributed by atoms with Gasteiger partial charge >= 0.3 is 6.09 Å². The fourth-order valence-electron chi connectivity index (χ4n) is 3.64. The number of hydrogen-bond donors (Lipinski definition) is 1. The molecule has 1 saturated heterocycles. The fourth-order valence-corrected chi connectivity index (χ4v) is 4.19. The van der Waals surface area contributed by atoms with E-state index in [1.54, 1.807) is 10.2 Å². The standard InChI is InChI=1S/C21H26N6O2S/c1-26-12-18(11-25-26)17-2-3-20(23-10-17)27-8-5-16(6-9-27)4-7-22-21(28)29-13-19-14-30-15-24-19/h2-3,10-12,14-16H,4-9,13H2,1H3,(H,22,28). The highest BCUT2D eigenvalue weighted by Crippen LogP contribution is 2.25. The average molecular weight is 427 g/mol. The van der Waals surface area contributed by atoms with E-state index in [0.717, 1.165) is 55.0 Å². The molecule has 1 amide bonds. The van der Waals surface area contributed by atoms with Gasteiger partial charge in [0, 0.05) is 55.6 Å². The van der Waals surface area contributed by atoms with Crippen LogP contribution in [0.2, 0.25) is 0 Å². The molecule has 0 saturated carbocycles. The highest BCUT2D eigenvalue weighted by Gasteiger charge is 2.20. The number of thiazole rings is 1. The van der Waals surface area contributed by atoms with Gasteiger partial charge in [0.15, 0.2) is 0 Å². The Morgan fingerprint density at radius 2 is 2.10 bits per heavy atom. The Hall–Kier alpha value is -2.94. The third kappa shape index (κ3) is 5.35. The van der Waals surface area contributed by atoms with Gasteiger partial charge in [-0.25, -0.2) is 14.8 Å². The summed E-state index contributed by atoms with van der Waals surface area (Å²) < 4.78 is 6.96. The summed E-state index contributed by atoms with van der Waals surface area (Å²) in [5, 5.41) is 8.93. The highest BCUT2D eigenvalue weighted by molar-refractivity contribution is 7.07. The molecule has 0 aliphatic carbocycles. The number of nitrogens with zero attached hydrogens (tertiary/aromatic N) is 5. The van der Waals surface area contributed by atoms with Crippen LogP contribution >= 0.6 is 11.3 Å². The van der Waals surface area contributed by atoms with E-state index in [4.69, 9.17) is 4.74 Å². The van der Waals surface area contributed by atoms with Crippen LogP contribution < -0.4 is 10.2 Å². The number of anilines is 1. The Bertz CT molecular complexity index is 933. The first-order valence-electron chi connectivity index (χ1n) is 10.1. The minimum Gasteiger partial charge on any atom is -0.443 e. The SMILES string of the molecule is Cn1cc(-c2ccc(N3CCC(CCNC(=O)OCc4cscn4)CC3)nc2)cn1. The molecule has 30 heavy (non-hydrogen) atoms. The molecule has 0 unspecified atom stereocenters. The number of aromatic nitrogens is 4. The third-order valence-electron chi connectivity index (χ3n) is 5.38. The third-order valence-corrected chi connectivity index (χ3v) is 6.02. The molecule has 0 aromatic carbocycles. The molecule has 1 fully saturated rings. The normalized spacial score (nSPS) is 14.6. The quantitative estimate of drug-likeness (QED) is 0.623. The van der Waals surface area contributed by atoms with Crippen molar-refractivity contribution in [3.05, 3.63) is 47.3 Å². The first kappa shape index (κ1) is 20.3. The van der Waals surface area contributed by atoms with Crippen molar-refractivity contribution in [2.45, 2.75) is 25.9 Å². The zero-order chi connectivity index (χ0) is 20.8. The zero-order valence-electron chi connectivity index (χ0n) is 17.0. The molecule has 8 nitrogen and oxygen atoms in total. The maximum Gasteiger partial charge on any atom is 0.407 e. The number of nitrogens with one attached hydrogen (secondary N) is 1. The monoisotopic (exact) mass is 426 g/mol. The van der Waals surface area contributed by atoms with Crippen molar-refractivity contribution in [3.63, 3.8) is 0 Å². The summed E-state index contributed by atoms with van der Waals surface area (Å²) in [6.07, 6.45) is 8.55. The van der Waals surface area contributed by atoms with Crippen LogP contribution in [0.25, 0.3) is 11.1 Å². The summed E-state index contributed by atoms with van der Waals surface area (Å²) in [7, 11) is 1.91. The van der Waals surface area contributed by atoms with E-state index < -0.39 is 0 Å². The first-order chi connectivity index (χ1) is 14.7. The Labute approximate surface area is 179 Å². The lowest BCUT2D eigenvalue weighted by Crippen LogP contribution is -2.35. The van der Waals surface area contributed by atoms with E-state index in [2.05, 4.69) is 37.4 Å². The molecule has 9 heteroatoms. The molecule has 3 aromatic rings. The number of hydrogen-bond acceptors (Lipinski definition) is 7. The summed E-state index contributed by atoms with van der Waals surface area (Å²) >= 11 is 1.49. The molecule has 1 aliphatic rings. The number of rotatable bonds is 7. The maximum atomic E-state index is 11.8. The van der Waals surface area contributed by atoms with E-state index in [0.29, 0.717) is 12.5 Å². The molecule has 1 N–H and O–H groups in total. The van der Waals surface area contributed by atoms with Crippen LogP contribution in [0.3, 0.4) is 0 Å². The number of piperidine rings is 1. The van der Waals surface area contributed by atoms with Gasteiger partial charge in [-0.15, -0.1) is 11.3 Å². The van der Waals surface area contributed by atoms with E-state index >= 15 is 0 Å². The second-order valence-electron chi connectivity index (χ2n) is 7.51. The molecule has 0 spiro atoms. The van der Waals surface area contributed by atoms with Crippen molar-refractivity contribution in [1.82, 2.24) is 25.1 Å². The molecule has 0 radical (unpaired) electrons. The fraction of sp³-hybridized carbons (Fsp3) is 0.429. The minimum atomic E-state index is -0.377. The van der Waals surface area contributed by atoms with Gasteiger partial charge in [0.25, 0.3) is 0 Å². The zero-order valence-corrected chi connectivity index (χ0v) is 17.8. The van der Waals surface area contributed by atoms with Crippen LogP contribution in [0.1, 0.15) is 25.0 Å². The molecule has 4 heterocycles. The Morgan fingerprint density at radius 3 is 2.77 bits per heavy atom. The summed E-state index contributed by atoms with van der Waals surface area (Å²) in [5.41, 5.74) is 4.67. The predicted molar refractivity (Wildman–Crippen MR) is 116 cm³/mol. The largest absolute Gasteiger partial charge is 0.443 e. The lowest BCUT2D eigenvalue weighted by Gasteiger charge is -2.32. The molecular formula is C21H26N6O2S. The van der Waals surface area contributed by atoms with Gasteiger partial charge in [-0.05, 0) is 37.3 Å². The van der Waals surface area contributed by atoms with Gasteiger partial charge in [0.1, 0.15) is 12.4 Å². The van der Waals surface area contributed by atoms with Crippen LogP contribution in [0.4, 0.5) is 10.6 Å². The van der Waals surface area contributed by atoms with E-state index in [9.17, 15) is 4.79 Å². The van der Waals surface area contributed by atoms with E-state index in [-0.39, 0.29) is 12.7 Å². The number of carbonyl (C=O) groups is 1. The second kappa shape index (κ2) is 9.71. The molecule has 3 aromatic heterocycles. The van der Waals surface area contributed by atoms with Crippen LogP contribution in [0.5, 0.6) is 0 Å². The number of amides is 1. The summed E-state index contributed by atoms with van der Waals surface area (Å²) in [6, 6.07) is 4.19. The second-order valence-corrected chi connectivity index (χ2v) is 8.23. The van der Waals surface area contributed by atoms with Gasteiger partial charge in [-0.1, -0.05) is 0 Å². The smallest absolute Gasteiger partial charge is 0.407 e. The summed E-state index contributed by atoms with van der Waals surface area (Å²) in [4.78, 5) is 22.8. The Balaban J connectivity index is 1.16. The van der Waals surface area contributed by atoms with E-state index in [1.807, 2.05) is 31.0 Å². The number of aryl methyl sites for hydroxylation is 1. The van der Waals surface area contributed by atoms with Crippen molar-refractivity contribution >= 4 is 23.2 Å². The average Bonchev–Trinajstić information content (AvgIpc) is 3.45. The molecule has 1 aliphatic heterocycles. The summed E-state index contributed by atoms with van der Waals surface area (Å²) in [6.45, 7) is 2.83. The summed E-state index contributed by atoms with van der Waals surface area (Å²) in [5.74, 6) is 1.62. The van der Waals surface area contributed by atoms with Crippen molar-refractivity contribution in [3.8, 4) is 11.1 Å². The highest BCUT2D eigenvalue weighted by atomic mass is 32.1. The Kier molecular flexibility index (Phi) is 6.58. The topological polar surface area (TPSA) is 85.2 Å². The van der Waals surface area contributed by atoms with Crippen LogP contribution in [-0.2, 0) is 18.4 Å². The van der Waals surface area contributed by atoms with Crippen molar-refractivity contribution < 1.29 is 9.53 Å². The molecule has 0 bridgehead atoms. The molecule has 0 atom stereocenters. The minimum absolute atomic E-state index is 0.223. The van der Waals surface area contributed by atoms with Gasteiger partial charge < -0.3 is 15.0 Å². The number of alkyl carbamates (subject to hydrolysis) is 1. The molecular weight excluding hydrogens is 400 g/mol. The predicted octanol–water partition coefficient (Wildman–Crippen LogP) is 3.47. The van der Waals surface area contributed by atoms with Gasteiger partial charge in [-0.3, -0.25) is 4.68 Å².